The zero-order valence-electron chi connectivity index (χ0n) is 11.7. The van der Waals surface area contributed by atoms with Gasteiger partial charge in [-0.1, -0.05) is 6.42 Å². The van der Waals surface area contributed by atoms with Crippen molar-refractivity contribution in [1.82, 2.24) is 9.55 Å². The zero-order chi connectivity index (χ0) is 14.6. The lowest BCUT2D eigenvalue weighted by Gasteiger charge is -2.25. The molecule has 3 atom stereocenters. The molecule has 2 aromatic rings. The highest BCUT2D eigenvalue weighted by Gasteiger charge is 2.41. The van der Waals surface area contributed by atoms with E-state index in [1.807, 2.05) is 28.7 Å². The maximum atomic E-state index is 14.0. The molecule has 0 radical (unpaired) electrons. The van der Waals surface area contributed by atoms with Gasteiger partial charge in [-0.15, -0.1) is 11.6 Å². The molecule has 0 aliphatic heterocycles. The molecule has 5 heteroatoms. The Morgan fingerprint density at radius 1 is 1.33 bits per heavy atom. The van der Waals surface area contributed by atoms with E-state index in [0.717, 1.165) is 35.1 Å². The van der Waals surface area contributed by atoms with Gasteiger partial charge >= 0.3 is 0 Å². The molecule has 1 heterocycles. The van der Waals surface area contributed by atoms with Crippen LogP contribution in [0.1, 0.15) is 37.5 Å². The third-order valence-electron chi connectivity index (χ3n) is 5.16. The first-order valence-electron chi connectivity index (χ1n) is 7.59. The number of halogens is 3. The van der Waals surface area contributed by atoms with Gasteiger partial charge < -0.3 is 4.57 Å². The van der Waals surface area contributed by atoms with E-state index in [9.17, 15) is 4.39 Å². The molecule has 112 valence electrons. The first kappa shape index (κ1) is 14.2. The summed E-state index contributed by atoms with van der Waals surface area (Å²) >= 11 is 7.99. The molecule has 2 fully saturated rings. The van der Waals surface area contributed by atoms with Crippen molar-refractivity contribution in [3.63, 3.8) is 0 Å². The summed E-state index contributed by atoms with van der Waals surface area (Å²) in [7, 11) is 0. The standard InChI is InChI=1S/C16H17ClFIN2/c17-4-3-16-20-13-8-12(19)11(18)7-15(13)21(16)14-6-9-1-2-10(14)5-9/h7-10,14H,1-6H2. The second kappa shape index (κ2) is 5.37. The van der Waals surface area contributed by atoms with Crippen molar-refractivity contribution in [3.8, 4) is 0 Å². The van der Waals surface area contributed by atoms with E-state index in [4.69, 9.17) is 16.6 Å². The third-order valence-corrected chi connectivity index (χ3v) is 6.17. The first-order chi connectivity index (χ1) is 10.2. The van der Waals surface area contributed by atoms with Crippen LogP contribution in [0.5, 0.6) is 0 Å². The lowest BCUT2D eigenvalue weighted by atomic mass is 9.95. The summed E-state index contributed by atoms with van der Waals surface area (Å²) in [6.07, 6.45) is 5.98. The topological polar surface area (TPSA) is 17.8 Å². The van der Waals surface area contributed by atoms with Crippen molar-refractivity contribution in [2.24, 2.45) is 11.8 Å². The summed E-state index contributed by atoms with van der Waals surface area (Å²) in [5.41, 5.74) is 1.86. The summed E-state index contributed by atoms with van der Waals surface area (Å²) in [4.78, 5) is 4.74. The van der Waals surface area contributed by atoms with E-state index in [1.165, 1.54) is 25.7 Å². The molecule has 2 aliphatic carbocycles. The van der Waals surface area contributed by atoms with Crippen molar-refractivity contribution >= 4 is 45.2 Å². The van der Waals surface area contributed by atoms with E-state index < -0.39 is 0 Å². The van der Waals surface area contributed by atoms with E-state index >= 15 is 0 Å². The number of benzene rings is 1. The van der Waals surface area contributed by atoms with Gasteiger partial charge in [0, 0.05) is 24.4 Å². The minimum absolute atomic E-state index is 0.148. The van der Waals surface area contributed by atoms with Crippen molar-refractivity contribution in [3.05, 3.63) is 27.3 Å². The number of aryl methyl sites for hydroxylation is 1. The van der Waals surface area contributed by atoms with Crippen LogP contribution in [0.2, 0.25) is 0 Å². The van der Waals surface area contributed by atoms with Crippen molar-refractivity contribution in [1.29, 1.82) is 0 Å². The van der Waals surface area contributed by atoms with Crippen molar-refractivity contribution in [2.45, 2.75) is 38.1 Å². The van der Waals surface area contributed by atoms with Gasteiger partial charge in [-0.2, -0.15) is 0 Å². The predicted octanol–water partition coefficient (Wildman–Crippen LogP) is 4.92. The summed E-state index contributed by atoms with van der Waals surface area (Å²) in [5, 5.41) is 0. The van der Waals surface area contributed by atoms with Crippen LogP contribution in [0.25, 0.3) is 11.0 Å². The van der Waals surface area contributed by atoms with Crippen molar-refractivity contribution < 1.29 is 4.39 Å². The van der Waals surface area contributed by atoms with Gasteiger partial charge in [0.1, 0.15) is 11.6 Å². The quantitative estimate of drug-likeness (QED) is 0.511. The largest absolute Gasteiger partial charge is 0.324 e. The molecule has 0 N–H and O–H groups in total. The van der Waals surface area contributed by atoms with E-state index in [-0.39, 0.29) is 5.82 Å². The average molecular weight is 419 g/mol. The van der Waals surface area contributed by atoms with E-state index in [2.05, 4.69) is 4.57 Å². The Bertz CT molecular complexity index is 699. The van der Waals surface area contributed by atoms with Crippen LogP contribution >= 0.6 is 34.2 Å². The Morgan fingerprint density at radius 3 is 2.86 bits per heavy atom. The second-order valence-electron chi connectivity index (χ2n) is 6.33. The van der Waals surface area contributed by atoms with Crippen LogP contribution in [-0.2, 0) is 6.42 Å². The normalized spacial score (nSPS) is 27.9. The molecule has 2 aliphatic rings. The van der Waals surface area contributed by atoms with Crippen LogP contribution in [-0.4, -0.2) is 15.4 Å². The zero-order valence-corrected chi connectivity index (χ0v) is 14.6. The molecule has 3 unspecified atom stereocenters. The fraction of sp³-hybridized carbons (Fsp3) is 0.562. The molecule has 21 heavy (non-hydrogen) atoms. The van der Waals surface area contributed by atoms with Gasteiger partial charge in [0.15, 0.2) is 0 Å². The highest BCUT2D eigenvalue weighted by Crippen LogP contribution is 2.51. The van der Waals surface area contributed by atoms with Gasteiger partial charge in [0.25, 0.3) is 0 Å². The van der Waals surface area contributed by atoms with Gasteiger partial charge in [-0.3, -0.25) is 0 Å². The van der Waals surface area contributed by atoms with E-state index in [0.29, 0.717) is 15.5 Å². The van der Waals surface area contributed by atoms with Gasteiger partial charge in [0.2, 0.25) is 0 Å². The maximum absolute atomic E-state index is 14.0. The molecule has 0 saturated heterocycles. The fourth-order valence-corrected chi connectivity index (χ4v) is 4.92. The van der Waals surface area contributed by atoms with Crippen molar-refractivity contribution in [2.75, 3.05) is 5.88 Å². The number of hydrogen-bond acceptors (Lipinski definition) is 1. The molecule has 1 aromatic heterocycles. The Morgan fingerprint density at radius 2 is 2.19 bits per heavy atom. The Hall–Kier alpha value is -0.360. The summed E-state index contributed by atoms with van der Waals surface area (Å²) in [5.74, 6) is 3.03. The minimum Gasteiger partial charge on any atom is -0.324 e. The lowest BCUT2D eigenvalue weighted by molar-refractivity contribution is 0.329. The number of nitrogens with zero attached hydrogens (tertiary/aromatic N) is 2. The highest BCUT2D eigenvalue weighted by atomic mass is 127. The summed E-state index contributed by atoms with van der Waals surface area (Å²) in [6, 6.07) is 4.01. The number of hydrogen-bond donors (Lipinski definition) is 0. The Balaban J connectivity index is 1.88. The molecular formula is C16H17ClFIN2. The minimum atomic E-state index is -0.148. The molecule has 2 bridgehead atoms. The molecule has 0 spiro atoms. The van der Waals surface area contributed by atoms with Crippen LogP contribution in [0.15, 0.2) is 12.1 Å². The smallest absolute Gasteiger partial charge is 0.138 e. The van der Waals surface area contributed by atoms with Gasteiger partial charge in [-0.05, 0) is 59.8 Å². The molecule has 0 amide bonds. The fourth-order valence-electron chi connectivity index (χ4n) is 4.30. The van der Waals surface area contributed by atoms with Crippen LogP contribution in [0.3, 0.4) is 0 Å². The molecule has 4 rings (SSSR count). The second-order valence-corrected chi connectivity index (χ2v) is 7.87. The number of alkyl halides is 1. The maximum Gasteiger partial charge on any atom is 0.138 e. The Labute approximate surface area is 142 Å². The van der Waals surface area contributed by atoms with E-state index in [1.54, 1.807) is 6.07 Å². The summed E-state index contributed by atoms with van der Waals surface area (Å²) in [6.45, 7) is 0. The lowest BCUT2D eigenvalue weighted by Crippen LogP contribution is -2.18. The molecular weight excluding hydrogens is 402 g/mol. The molecule has 2 nitrogen and oxygen atoms in total. The molecule has 2 saturated carbocycles. The number of imidazole rings is 1. The number of aromatic nitrogens is 2. The monoisotopic (exact) mass is 418 g/mol. The van der Waals surface area contributed by atoms with Gasteiger partial charge in [-0.25, -0.2) is 9.37 Å². The molecule has 1 aromatic carbocycles. The third kappa shape index (κ3) is 2.29. The van der Waals surface area contributed by atoms with Gasteiger partial charge in [0.05, 0.1) is 14.6 Å². The predicted molar refractivity (Wildman–Crippen MR) is 91.3 cm³/mol. The average Bonchev–Trinajstić information content (AvgIpc) is 3.13. The SMILES string of the molecule is Fc1cc2c(cc1I)nc(CCCl)n2C1CC2CCC1C2. The van der Waals surface area contributed by atoms with Crippen LogP contribution in [0, 0.1) is 21.2 Å². The number of rotatable bonds is 3. The summed E-state index contributed by atoms with van der Waals surface area (Å²) < 4.78 is 17.0. The Kier molecular flexibility index (Phi) is 3.64. The van der Waals surface area contributed by atoms with Crippen LogP contribution < -0.4 is 0 Å². The first-order valence-corrected chi connectivity index (χ1v) is 9.20. The highest BCUT2D eigenvalue weighted by molar-refractivity contribution is 14.1. The van der Waals surface area contributed by atoms with Crippen LogP contribution in [0.4, 0.5) is 4.39 Å². The number of fused-ring (bicyclic) bond motifs is 3.